The van der Waals surface area contributed by atoms with Gasteiger partial charge in [-0.1, -0.05) is 18.2 Å². The van der Waals surface area contributed by atoms with Crippen LogP contribution in [0.3, 0.4) is 0 Å². The molecule has 0 aliphatic rings. The third-order valence-electron chi connectivity index (χ3n) is 3.98. The number of nitrogens with zero attached hydrogens (tertiary/aromatic N) is 2. The molecule has 5 nitrogen and oxygen atoms in total. The molecule has 2 aromatic carbocycles. The number of fused-ring (bicyclic) bond motifs is 1. The van der Waals surface area contributed by atoms with Gasteiger partial charge in [-0.25, -0.2) is 4.98 Å². The molecule has 0 aliphatic heterocycles. The molecule has 1 unspecified atom stereocenters. The van der Waals surface area contributed by atoms with Crippen molar-refractivity contribution >= 4 is 16.9 Å². The summed E-state index contributed by atoms with van der Waals surface area (Å²) in [6.45, 7) is 4.47. The first-order valence-electron chi connectivity index (χ1n) is 8.14. The number of nitrogens with one attached hydrogen (secondary N) is 1. The number of carbonyl (C=O) groups excluding carboxylic acids is 1. The summed E-state index contributed by atoms with van der Waals surface area (Å²) in [5.74, 6) is 0.801. The van der Waals surface area contributed by atoms with Gasteiger partial charge in [-0.3, -0.25) is 9.36 Å². The van der Waals surface area contributed by atoms with Crippen LogP contribution in [0.15, 0.2) is 48.5 Å². The number of carbonyl (C=O) groups is 1. The van der Waals surface area contributed by atoms with E-state index in [0.29, 0.717) is 12.1 Å². The van der Waals surface area contributed by atoms with E-state index >= 15 is 0 Å². The zero-order valence-electron chi connectivity index (χ0n) is 14.0. The molecule has 3 aromatic rings. The largest absolute Gasteiger partial charge is 0.352 e. The SMILES string of the molecule is Cc1nc2cc(C(=O)NCCC(C)N)ccc2n1-c1ccccc1. The molecule has 0 spiro atoms. The highest BCUT2D eigenvalue weighted by molar-refractivity contribution is 5.97. The van der Waals surface area contributed by atoms with E-state index in [-0.39, 0.29) is 11.9 Å². The van der Waals surface area contributed by atoms with Gasteiger partial charge >= 0.3 is 0 Å². The average molecular weight is 322 g/mol. The fraction of sp³-hybridized carbons (Fsp3) is 0.263. The van der Waals surface area contributed by atoms with Gasteiger partial charge in [0, 0.05) is 23.8 Å². The standard InChI is InChI=1S/C19H22N4O/c1-13(20)10-11-21-19(24)15-8-9-18-17(12-15)22-14(2)23(18)16-6-4-3-5-7-16/h3-9,12-13H,10-11,20H2,1-2H3,(H,21,24). The molecule has 3 N–H and O–H groups in total. The third kappa shape index (κ3) is 3.31. The number of imidazole rings is 1. The average Bonchev–Trinajstić information content (AvgIpc) is 2.90. The number of rotatable bonds is 5. The zero-order valence-corrected chi connectivity index (χ0v) is 14.0. The van der Waals surface area contributed by atoms with E-state index in [2.05, 4.69) is 14.9 Å². The Balaban J connectivity index is 1.89. The second-order valence-electron chi connectivity index (χ2n) is 6.06. The number of benzene rings is 2. The predicted octanol–water partition coefficient (Wildman–Crippen LogP) is 2.80. The molecule has 3 rings (SSSR count). The van der Waals surface area contributed by atoms with Gasteiger partial charge in [0.25, 0.3) is 5.91 Å². The Morgan fingerprint density at radius 1 is 1.25 bits per heavy atom. The van der Waals surface area contributed by atoms with Gasteiger partial charge in [-0.15, -0.1) is 0 Å². The molecule has 1 aromatic heterocycles. The van der Waals surface area contributed by atoms with Crippen LogP contribution >= 0.6 is 0 Å². The van der Waals surface area contributed by atoms with Gasteiger partial charge in [0.15, 0.2) is 0 Å². The van der Waals surface area contributed by atoms with Crippen molar-refractivity contribution < 1.29 is 4.79 Å². The molecular weight excluding hydrogens is 300 g/mol. The summed E-state index contributed by atoms with van der Waals surface area (Å²) in [6, 6.07) is 15.8. The van der Waals surface area contributed by atoms with E-state index in [4.69, 9.17) is 5.73 Å². The number of hydrogen-bond donors (Lipinski definition) is 2. The van der Waals surface area contributed by atoms with Crippen LogP contribution < -0.4 is 11.1 Å². The minimum Gasteiger partial charge on any atom is -0.352 e. The van der Waals surface area contributed by atoms with E-state index < -0.39 is 0 Å². The van der Waals surface area contributed by atoms with Gasteiger partial charge in [0.2, 0.25) is 0 Å². The second-order valence-corrected chi connectivity index (χ2v) is 6.06. The maximum absolute atomic E-state index is 12.2. The Morgan fingerprint density at radius 2 is 2.00 bits per heavy atom. The molecule has 1 heterocycles. The smallest absolute Gasteiger partial charge is 0.251 e. The van der Waals surface area contributed by atoms with Crippen LogP contribution in [0, 0.1) is 6.92 Å². The van der Waals surface area contributed by atoms with Crippen molar-refractivity contribution in [2.75, 3.05) is 6.54 Å². The highest BCUT2D eigenvalue weighted by Crippen LogP contribution is 2.22. The van der Waals surface area contributed by atoms with Crippen LogP contribution in [0.2, 0.25) is 0 Å². The van der Waals surface area contributed by atoms with Crippen LogP contribution in [0.25, 0.3) is 16.7 Å². The van der Waals surface area contributed by atoms with Gasteiger partial charge in [-0.05, 0) is 50.6 Å². The lowest BCUT2D eigenvalue weighted by Crippen LogP contribution is -2.28. The summed E-state index contributed by atoms with van der Waals surface area (Å²) in [5, 5.41) is 2.89. The Morgan fingerprint density at radius 3 is 2.71 bits per heavy atom. The normalized spacial score (nSPS) is 12.3. The molecule has 24 heavy (non-hydrogen) atoms. The first-order chi connectivity index (χ1) is 11.6. The molecule has 0 fully saturated rings. The van der Waals surface area contributed by atoms with Crippen LogP contribution in [0.1, 0.15) is 29.5 Å². The molecule has 0 saturated carbocycles. The van der Waals surface area contributed by atoms with Crippen LogP contribution in [0.4, 0.5) is 0 Å². The molecule has 124 valence electrons. The molecule has 0 bridgehead atoms. The Kier molecular flexibility index (Phi) is 4.62. The highest BCUT2D eigenvalue weighted by Gasteiger charge is 2.12. The quantitative estimate of drug-likeness (QED) is 0.758. The lowest BCUT2D eigenvalue weighted by molar-refractivity contribution is 0.0953. The monoisotopic (exact) mass is 322 g/mol. The van der Waals surface area contributed by atoms with Gasteiger partial charge in [0.1, 0.15) is 5.82 Å². The number of aromatic nitrogens is 2. The van der Waals surface area contributed by atoms with Gasteiger partial charge in [0.05, 0.1) is 11.0 Å². The van der Waals surface area contributed by atoms with Crippen LogP contribution in [-0.4, -0.2) is 28.0 Å². The maximum Gasteiger partial charge on any atom is 0.251 e. The van der Waals surface area contributed by atoms with E-state index in [1.54, 1.807) is 0 Å². The lowest BCUT2D eigenvalue weighted by atomic mass is 10.1. The predicted molar refractivity (Wildman–Crippen MR) is 96.4 cm³/mol. The van der Waals surface area contributed by atoms with Crippen molar-refractivity contribution in [2.24, 2.45) is 5.73 Å². The number of aryl methyl sites for hydroxylation is 1. The molecule has 0 aliphatic carbocycles. The number of nitrogens with two attached hydrogens (primary N) is 1. The Hall–Kier alpha value is -2.66. The van der Waals surface area contributed by atoms with E-state index in [9.17, 15) is 4.79 Å². The van der Waals surface area contributed by atoms with Gasteiger partial charge < -0.3 is 11.1 Å². The topological polar surface area (TPSA) is 72.9 Å². The van der Waals surface area contributed by atoms with E-state index in [1.165, 1.54) is 0 Å². The summed E-state index contributed by atoms with van der Waals surface area (Å²) in [4.78, 5) is 16.8. The minimum absolute atomic E-state index is 0.0806. The summed E-state index contributed by atoms with van der Waals surface area (Å²) >= 11 is 0. The Bertz CT molecular complexity index is 852. The maximum atomic E-state index is 12.2. The fourth-order valence-corrected chi connectivity index (χ4v) is 2.76. The van der Waals surface area contributed by atoms with Crippen molar-refractivity contribution in [3.05, 3.63) is 59.9 Å². The number of para-hydroxylation sites is 1. The van der Waals surface area contributed by atoms with Crippen molar-refractivity contribution in [2.45, 2.75) is 26.3 Å². The lowest BCUT2D eigenvalue weighted by Gasteiger charge is -2.08. The molecule has 0 radical (unpaired) electrons. The Labute approximate surface area is 141 Å². The van der Waals surface area contributed by atoms with Crippen molar-refractivity contribution in [1.29, 1.82) is 0 Å². The number of hydrogen-bond acceptors (Lipinski definition) is 3. The van der Waals surface area contributed by atoms with Crippen LogP contribution in [-0.2, 0) is 0 Å². The number of amides is 1. The van der Waals surface area contributed by atoms with Crippen LogP contribution in [0.5, 0.6) is 0 Å². The minimum atomic E-state index is -0.0931. The van der Waals surface area contributed by atoms with Gasteiger partial charge in [-0.2, -0.15) is 0 Å². The first-order valence-corrected chi connectivity index (χ1v) is 8.14. The van der Waals surface area contributed by atoms with E-state index in [0.717, 1.165) is 29.0 Å². The molecule has 0 saturated heterocycles. The molecule has 1 amide bonds. The third-order valence-corrected chi connectivity index (χ3v) is 3.98. The summed E-state index contributed by atoms with van der Waals surface area (Å²) < 4.78 is 2.09. The fourth-order valence-electron chi connectivity index (χ4n) is 2.76. The first kappa shape index (κ1) is 16.2. The summed E-state index contributed by atoms with van der Waals surface area (Å²) in [5.41, 5.74) is 9.19. The van der Waals surface area contributed by atoms with E-state index in [1.807, 2.05) is 62.4 Å². The zero-order chi connectivity index (χ0) is 17.1. The summed E-state index contributed by atoms with van der Waals surface area (Å²) in [7, 11) is 0. The molecule has 1 atom stereocenters. The second kappa shape index (κ2) is 6.84. The van der Waals surface area contributed by atoms with Crippen molar-refractivity contribution in [3.63, 3.8) is 0 Å². The van der Waals surface area contributed by atoms with Crippen molar-refractivity contribution in [3.8, 4) is 5.69 Å². The van der Waals surface area contributed by atoms with Crippen molar-refractivity contribution in [1.82, 2.24) is 14.9 Å². The summed E-state index contributed by atoms with van der Waals surface area (Å²) in [6.07, 6.45) is 0.760. The highest BCUT2D eigenvalue weighted by atomic mass is 16.1. The molecule has 5 heteroatoms. The molecular formula is C19H22N4O.